The zero-order valence-electron chi connectivity index (χ0n) is 8.37. The standard InChI is InChI=1S/C11H13ClN2O/c12-10-5-3-4-9(8-14)11(10)15-7-2-1-6-13/h3-5H,1-2,7-8,14H2. The summed E-state index contributed by atoms with van der Waals surface area (Å²) in [5, 5.41) is 8.93. The van der Waals surface area contributed by atoms with Crippen molar-refractivity contribution in [2.45, 2.75) is 19.4 Å². The van der Waals surface area contributed by atoms with Crippen LogP contribution in [-0.2, 0) is 6.54 Å². The highest BCUT2D eigenvalue weighted by Crippen LogP contribution is 2.28. The Bertz CT molecular complexity index is 360. The molecule has 80 valence electrons. The molecule has 15 heavy (non-hydrogen) atoms. The SMILES string of the molecule is N#CCCCOc1c(Cl)cccc1CN. The second kappa shape index (κ2) is 6.28. The van der Waals surface area contributed by atoms with Crippen LogP contribution in [0.4, 0.5) is 0 Å². The number of nitriles is 1. The molecule has 2 N–H and O–H groups in total. The summed E-state index contributed by atoms with van der Waals surface area (Å²) in [6.07, 6.45) is 1.19. The summed E-state index contributed by atoms with van der Waals surface area (Å²) in [7, 11) is 0. The van der Waals surface area contributed by atoms with Crippen molar-refractivity contribution in [1.29, 1.82) is 5.26 Å². The average molecular weight is 225 g/mol. The molecule has 0 atom stereocenters. The highest BCUT2D eigenvalue weighted by molar-refractivity contribution is 6.32. The number of nitrogens with zero attached hydrogens (tertiary/aromatic N) is 1. The highest BCUT2D eigenvalue weighted by Gasteiger charge is 2.06. The fourth-order valence-electron chi connectivity index (χ4n) is 1.20. The molecule has 0 unspecified atom stereocenters. The minimum absolute atomic E-state index is 0.397. The zero-order valence-corrected chi connectivity index (χ0v) is 9.13. The lowest BCUT2D eigenvalue weighted by molar-refractivity contribution is 0.310. The number of hydrogen-bond acceptors (Lipinski definition) is 3. The van der Waals surface area contributed by atoms with Crippen LogP contribution < -0.4 is 10.5 Å². The van der Waals surface area contributed by atoms with Gasteiger partial charge in [-0.15, -0.1) is 0 Å². The summed E-state index contributed by atoms with van der Waals surface area (Å²) < 4.78 is 5.50. The molecule has 0 aromatic heterocycles. The van der Waals surface area contributed by atoms with Gasteiger partial charge in [-0.1, -0.05) is 23.7 Å². The van der Waals surface area contributed by atoms with Crippen molar-refractivity contribution in [1.82, 2.24) is 0 Å². The van der Waals surface area contributed by atoms with Gasteiger partial charge in [0, 0.05) is 18.5 Å². The molecule has 4 heteroatoms. The molecule has 0 aliphatic rings. The van der Waals surface area contributed by atoms with Crippen LogP contribution in [0, 0.1) is 11.3 Å². The van der Waals surface area contributed by atoms with Crippen molar-refractivity contribution in [3.05, 3.63) is 28.8 Å². The topological polar surface area (TPSA) is 59.0 Å². The molecular weight excluding hydrogens is 212 g/mol. The Hall–Kier alpha value is -1.24. The Morgan fingerprint density at radius 2 is 2.27 bits per heavy atom. The molecule has 0 heterocycles. The van der Waals surface area contributed by atoms with Crippen molar-refractivity contribution in [2.75, 3.05) is 6.61 Å². The van der Waals surface area contributed by atoms with Crippen LogP contribution in [0.5, 0.6) is 5.75 Å². The van der Waals surface area contributed by atoms with E-state index >= 15 is 0 Å². The average Bonchev–Trinajstić information content (AvgIpc) is 2.26. The van der Waals surface area contributed by atoms with E-state index in [9.17, 15) is 0 Å². The number of ether oxygens (including phenoxy) is 1. The molecule has 0 radical (unpaired) electrons. The molecule has 0 aliphatic heterocycles. The molecule has 0 aliphatic carbocycles. The Morgan fingerprint density at radius 1 is 1.47 bits per heavy atom. The Kier molecular flexibility index (Phi) is 4.96. The quantitative estimate of drug-likeness (QED) is 0.782. The van der Waals surface area contributed by atoms with Crippen LogP contribution in [0.15, 0.2) is 18.2 Å². The van der Waals surface area contributed by atoms with Gasteiger partial charge in [-0.25, -0.2) is 0 Å². The predicted octanol–water partition coefficient (Wildman–Crippen LogP) is 2.48. The number of halogens is 1. The summed E-state index contributed by atoms with van der Waals surface area (Å²) in [4.78, 5) is 0. The number of para-hydroxylation sites is 1. The van der Waals surface area contributed by atoms with E-state index < -0.39 is 0 Å². The fraction of sp³-hybridized carbons (Fsp3) is 0.364. The number of rotatable bonds is 5. The Labute approximate surface area is 94.4 Å². The normalized spacial score (nSPS) is 9.67. The number of unbranched alkanes of at least 4 members (excludes halogenated alkanes) is 1. The van der Waals surface area contributed by atoms with E-state index in [1.54, 1.807) is 6.07 Å². The maximum Gasteiger partial charge on any atom is 0.142 e. The predicted molar refractivity (Wildman–Crippen MR) is 59.7 cm³/mol. The molecule has 1 aromatic rings. The van der Waals surface area contributed by atoms with E-state index in [1.165, 1.54) is 0 Å². The molecule has 0 spiro atoms. The maximum absolute atomic E-state index is 8.37. The second-order valence-corrected chi connectivity index (χ2v) is 3.45. The van der Waals surface area contributed by atoms with Gasteiger partial charge in [0.05, 0.1) is 17.7 Å². The first kappa shape index (κ1) is 11.8. The second-order valence-electron chi connectivity index (χ2n) is 3.04. The van der Waals surface area contributed by atoms with Crippen LogP contribution in [0.1, 0.15) is 18.4 Å². The minimum Gasteiger partial charge on any atom is -0.492 e. The smallest absolute Gasteiger partial charge is 0.142 e. The van der Waals surface area contributed by atoms with Crippen molar-refractivity contribution in [3.8, 4) is 11.8 Å². The van der Waals surface area contributed by atoms with Crippen molar-refractivity contribution < 1.29 is 4.74 Å². The number of nitrogens with two attached hydrogens (primary N) is 1. The number of benzene rings is 1. The first-order valence-corrected chi connectivity index (χ1v) is 5.14. The van der Waals surface area contributed by atoms with Gasteiger partial charge in [0.15, 0.2) is 0 Å². The first-order valence-electron chi connectivity index (χ1n) is 4.76. The van der Waals surface area contributed by atoms with Crippen LogP contribution in [0.3, 0.4) is 0 Å². The molecule has 0 bridgehead atoms. The largest absolute Gasteiger partial charge is 0.492 e. The van der Waals surface area contributed by atoms with Gasteiger partial charge < -0.3 is 10.5 Å². The van der Waals surface area contributed by atoms with Crippen molar-refractivity contribution >= 4 is 11.6 Å². The lowest BCUT2D eigenvalue weighted by atomic mass is 10.2. The third kappa shape index (κ3) is 3.43. The van der Waals surface area contributed by atoms with Gasteiger partial charge in [0.1, 0.15) is 5.75 Å². The third-order valence-corrected chi connectivity index (χ3v) is 2.25. The van der Waals surface area contributed by atoms with Gasteiger partial charge in [0.25, 0.3) is 0 Å². The molecule has 0 saturated heterocycles. The van der Waals surface area contributed by atoms with Gasteiger partial charge in [0.2, 0.25) is 0 Å². The molecular formula is C11H13ClN2O. The molecule has 0 amide bonds. The number of hydrogen-bond donors (Lipinski definition) is 1. The van der Waals surface area contributed by atoms with Crippen molar-refractivity contribution in [2.24, 2.45) is 5.73 Å². The van der Waals surface area contributed by atoms with E-state index in [2.05, 4.69) is 6.07 Å². The maximum atomic E-state index is 8.37. The van der Waals surface area contributed by atoms with Crippen LogP contribution in [0.2, 0.25) is 5.02 Å². The van der Waals surface area contributed by atoms with E-state index in [0.717, 1.165) is 5.56 Å². The lowest BCUT2D eigenvalue weighted by Crippen LogP contribution is -2.04. The summed E-state index contributed by atoms with van der Waals surface area (Å²) in [5.41, 5.74) is 6.45. The fourth-order valence-corrected chi connectivity index (χ4v) is 1.45. The molecule has 3 nitrogen and oxygen atoms in total. The zero-order chi connectivity index (χ0) is 11.1. The first-order chi connectivity index (χ1) is 7.29. The van der Waals surface area contributed by atoms with Crippen LogP contribution in [-0.4, -0.2) is 6.61 Å². The summed E-state index contributed by atoms with van der Waals surface area (Å²) in [6, 6.07) is 7.54. The molecule has 0 fully saturated rings. The van der Waals surface area contributed by atoms with E-state index in [4.69, 9.17) is 27.3 Å². The molecule has 1 rings (SSSR count). The van der Waals surface area contributed by atoms with E-state index in [0.29, 0.717) is 36.8 Å². The van der Waals surface area contributed by atoms with E-state index in [1.807, 2.05) is 12.1 Å². The Morgan fingerprint density at radius 3 is 2.93 bits per heavy atom. The van der Waals surface area contributed by atoms with Crippen molar-refractivity contribution in [3.63, 3.8) is 0 Å². The summed E-state index contributed by atoms with van der Waals surface area (Å²) in [5.74, 6) is 0.639. The van der Waals surface area contributed by atoms with Gasteiger partial charge in [-0.3, -0.25) is 0 Å². The third-order valence-electron chi connectivity index (χ3n) is 1.95. The monoisotopic (exact) mass is 224 g/mol. The van der Waals surface area contributed by atoms with Crippen LogP contribution in [0.25, 0.3) is 0 Å². The highest BCUT2D eigenvalue weighted by atomic mass is 35.5. The lowest BCUT2D eigenvalue weighted by Gasteiger charge is -2.11. The molecule has 0 saturated carbocycles. The van der Waals surface area contributed by atoms with Gasteiger partial charge in [-0.2, -0.15) is 5.26 Å². The van der Waals surface area contributed by atoms with E-state index in [-0.39, 0.29) is 0 Å². The minimum atomic E-state index is 0.397. The molecule has 1 aromatic carbocycles. The van der Waals surface area contributed by atoms with Gasteiger partial charge >= 0.3 is 0 Å². The van der Waals surface area contributed by atoms with Gasteiger partial charge in [-0.05, 0) is 12.5 Å². The summed E-state index contributed by atoms with van der Waals surface area (Å²) >= 11 is 5.98. The Balaban J connectivity index is 2.63. The summed E-state index contributed by atoms with van der Waals surface area (Å²) in [6.45, 7) is 0.887. The van der Waals surface area contributed by atoms with Crippen LogP contribution >= 0.6 is 11.6 Å².